The van der Waals surface area contributed by atoms with Crippen molar-refractivity contribution in [1.82, 2.24) is 9.97 Å². The third-order valence-corrected chi connectivity index (χ3v) is 3.78. The summed E-state index contributed by atoms with van der Waals surface area (Å²) in [4.78, 5) is 9.80. The van der Waals surface area contributed by atoms with Gasteiger partial charge in [0, 0.05) is 11.1 Å². The number of pyridine rings is 1. The number of nitrogens with one attached hydrogen (secondary N) is 1. The molecule has 0 aliphatic heterocycles. The number of anilines is 1. The lowest BCUT2D eigenvalue weighted by Crippen LogP contribution is -2.12. The summed E-state index contributed by atoms with van der Waals surface area (Å²) in [5.74, 6) is 0.645. The highest BCUT2D eigenvalue weighted by molar-refractivity contribution is 7.09. The van der Waals surface area contributed by atoms with Crippen molar-refractivity contribution in [3.63, 3.8) is 0 Å². The zero-order valence-corrected chi connectivity index (χ0v) is 12.5. The van der Waals surface area contributed by atoms with E-state index < -0.39 is 0 Å². The van der Waals surface area contributed by atoms with Crippen LogP contribution in [-0.4, -0.2) is 16.1 Å². The highest BCUT2D eigenvalue weighted by Gasteiger charge is 2.14. The normalized spacial score (nSPS) is 12.5. The van der Waals surface area contributed by atoms with E-state index in [1.165, 1.54) is 4.88 Å². The average Bonchev–Trinajstić information content (AvgIpc) is 2.77. The number of aromatic nitrogens is 2. The number of hydrogen-bond donors (Lipinski definition) is 1. The Labute approximate surface area is 117 Å². The molecule has 2 aromatic rings. The molecule has 0 saturated carbocycles. The van der Waals surface area contributed by atoms with Crippen molar-refractivity contribution < 1.29 is 4.74 Å². The van der Waals surface area contributed by atoms with Gasteiger partial charge >= 0.3 is 0 Å². The predicted octanol–water partition coefficient (Wildman–Crippen LogP) is 3.81. The minimum atomic E-state index is 0.107. The van der Waals surface area contributed by atoms with Crippen LogP contribution in [0.5, 0.6) is 5.88 Å². The van der Waals surface area contributed by atoms with E-state index in [4.69, 9.17) is 4.74 Å². The van der Waals surface area contributed by atoms with Crippen LogP contribution < -0.4 is 10.1 Å². The molecule has 0 bridgehead atoms. The topological polar surface area (TPSA) is 47.0 Å². The van der Waals surface area contributed by atoms with Crippen LogP contribution in [-0.2, 0) is 0 Å². The lowest BCUT2D eigenvalue weighted by Gasteiger charge is -2.18. The highest BCUT2D eigenvalue weighted by atomic mass is 32.1. The third-order valence-electron chi connectivity index (χ3n) is 2.67. The van der Waals surface area contributed by atoms with E-state index in [1.54, 1.807) is 17.5 Å². The van der Waals surface area contributed by atoms with Crippen molar-refractivity contribution in [2.45, 2.75) is 39.8 Å². The smallest absolute Gasteiger partial charge is 0.237 e. The minimum Gasteiger partial charge on any atom is -0.473 e. The van der Waals surface area contributed by atoms with Gasteiger partial charge in [0.15, 0.2) is 0 Å². The van der Waals surface area contributed by atoms with E-state index in [9.17, 15) is 0 Å². The molecule has 4 nitrogen and oxygen atoms in total. The van der Waals surface area contributed by atoms with E-state index in [0.717, 1.165) is 11.4 Å². The molecule has 102 valence electrons. The second-order valence-electron chi connectivity index (χ2n) is 4.69. The Hall–Kier alpha value is -1.62. The first-order valence-electron chi connectivity index (χ1n) is 6.36. The molecule has 2 rings (SSSR count). The second kappa shape index (κ2) is 6.02. The Morgan fingerprint density at radius 2 is 2.05 bits per heavy atom. The van der Waals surface area contributed by atoms with Crippen molar-refractivity contribution in [3.8, 4) is 5.88 Å². The van der Waals surface area contributed by atoms with Crippen molar-refractivity contribution in [3.05, 3.63) is 34.4 Å². The van der Waals surface area contributed by atoms with Gasteiger partial charge in [-0.05, 0) is 39.8 Å². The quantitative estimate of drug-likeness (QED) is 0.903. The predicted molar refractivity (Wildman–Crippen MR) is 78.9 cm³/mol. The Bertz CT molecular complexity index is 539. The van der Waals surface area contributed by atoms with E-state index >= 15 is 0 Å². The Morgan fingerprint density at radius 3 is 2.68 bits per heavy atom. The van der Waals surface area contributed by atoms with Crippen LogP contribution in [0.1, 0.15) is 37.4 Å². The standard InChI is InChI=1S/C14H19N3OS/c1-9(2)18-14-12(6-5-7-15-14)17-11(4)13-10(3)16-8-19-13/h5-9,11,17H,1-4H3. The van der Waals surface area contributed by atoms with Crippen LogP contribution in [0.4, 0.5) is 5.69 Å². The molecule has 0 radical (unpaired) electrons. The van der Waals surface area contributed by atoms with Gasteiger partial charge in [-0.25, -0.2) is 9.97 Å². The third kappa shape index (κ3) is 3.44. The maximum atomic E-state index is 5.71. The molecule has 1 N–H and O–H groups in total. The molecule has 1 atom stereocenters. The molecule has 0 aromatic carbocycles. The zero-order valence-electron chi connectivity index (χ0n) is 11.7. The summed E-state index contributed by atoms with van der Waals surface area (Å²) in [5, 5.41) is 3.44. The molecule has 0 fully saturated rings. The monoisotopic (exact) mass is 277 g/mol. The summed E-state index contributed by atoms with van der Waals surface area (Å²) < 4.78 is 5.71. The lowest BCUT2D eigenvalue weighted by molar-refractivity contribution is 0.234. The largest absolute Gasteiger partial charge is 0.473 e. The summed E-state index contributed by atoms with van der Waals surface area (Å²) in [6, 6.07) is 4.07. The molecule has 0 saturated heterocycles. The fourth-order valence-corrected chi connectivity index (χ4v) is 2.65. The molecular weight excluding hydrogens is 258 g/mol. The molecule has 0 aliphatic rings. The van der Waals surface area contributed by atoms with Crippen LogP contribution in [0.2, 0.25) is 0 Å². The van der Waals surface area contributed by atoms with Crippen molar-refractivity contribution in [1.29, 1.82) is 0 Å². The number of rotatable bonds is 5. The fourth-order valence-electron chi connectivity index (χ4n) is 1.84. The van der Waals surface area contributed by atoms with Crippen molar-refractivity contribution in [2.75, 3.05) is 5.32 Å². The second-order valence-corrected chi connectivity index (χ2v) is 5.58. The minimum absolute atomic E-state index is 0.107. The molecule has 5 heteroatoms. The Balaban J connectivity index is 2.17. The van der Waals surface area contributed by atoms with E-state index in [0.29, 0.717) is 5.88 Å². The van der Waals surface area contributed by atoms with Gasteiger partial charge in [-0.3, -0.25) is 0 Å². The van der Waals surface area contributed by atoms with Crippen LogP contribution in [0, 0.1) is 6.92 Å². The number of thiazole rings is 1. The first-order valence-corrected chi connectivity index (χ1v) is 7.24. The van der Waals surface area contributed by atoms with Crippen LogP contribution in [0.15, 0.2) is 23.8 Å². The van der Waals surface area contributed by atoms with Gasteiger partial charge in [-0.2, -0.15) is 0 Å². The first kappa shape index (κ1) is 13.8. The number of nitrogens with zero attached hydrogens (tertiary/aromatic N) is 2. The summed E-state index contributed by atoms with van der Waals surface area (Å²) in [5.41, 5.74) is 3.86. The van der Waals surface area contributed by atoms with Gasteiger partial charge in [0.05, 0.1) is 29.0 Å². The van der Waals surface area contributed by atoms with Crippen LogP contribution >= 0.6 is 11.3 Å². The maximum absolute atomic E-state index is 5.71. The first-order chi connectivity index (χ1) is 9.08. The molecule has 2 aromatic heterocycles. The average molecular weight is 277 g/mol. The van der Waals surface area contributed by atoms with Gasteiger partial charge in [0.1, 0.15) is 0 Å². The van der Waals surface area contributed by atoms with Crippen LogP contribution in [0.25, 0.3) is 0 Å². The number of hydrogen-bond acceptors (Lipinski definition) is 5. The van der Waals surface area contributed by atoms with Gasteiger partial charge in [-0.15, -0.1) is 11.3 Å². The lowest BCUT2D eigenvalue weighted by atomic mass is 10.2. The summed E-state index contributed by atoms with van der Waals surface area (Å²) in [6.45, 7) is 8.13. The molecule has 0 amide bonds. The highest BCUT2D eigenvalue weighted by Crippen LogP contribution is 2.29. The van der Waals surface area contributed by atoms with Crippen molar-refractivity contribution in [2.24, 2.45) is 0 Å². The van der Waals surface area contributed by atoms with E-state index in [1.807, 2.05) is 38.4 Å². The van der Waals surface area contributed by atoms with Crippen molar-refractivity contribution >= 4 is 17.0 Å². The SMILES string of the molecule is Cc1ncsc1C(C)Nc1cccnc1OC(C)C. The Morgan fingerprint density at radius 1 is 1.26 bits per heavy atom. The number of ether oxygens (including phenoxy) is 1. The van der Waals surface area contributed by atoms with E-state index in [2.05, 4.69) is 22.2 Å². The van der Waals surface area contributed by atoms with E-state index in [-0.39, 0.29) is 12.1 Å². The fraction of sp³-hybridized carbons (Fsp3) is 0.429. The zero-order chi connectivity index (χ0) is 13.8. The summed E-state index contributed by atoms with van der Waals surface area (Å²) in [6.07, 6.45) is 1.85. The molecule has 0 aliphatic carbocycles. The molecule has 1 unspecified atom stereocenters. The number of aryl methyl sites for hydroxylation is 1. The molecule has 0 spiro atoms. The molecular formula is C14H19N3OS. The van der Waals surface area contributed by atoms with Gasteiger partial charge in [-0.1, -0.05) is 0 Å². The van der Waals surface area contributed by atoms with Gasteiger partial charge in [0.25, 0.3) is 0 Å². The molecule has 2 heterocycles. The Kier molecular flexibility index (Phi) is 4.37. The summed E-state index contributed by atoms with van der Waals surface area (Å²) in [7, 11) is 0. The van der Waals surface area contributed by atoms with Gasteiger partial charge in [0.2, 0.25) is 5.88 Å². The van der Waals surface area contributed by atoms with Crippen LogP contribution in [0.3, 0.4) is 0 Å². The summed E-state index contributed by atoms with van der Waals surface area (Å²) >= 11 is 1.66. The molecule has 19 heavy (non-hydrogen) atoms. The van der Waals surface area contributed by atoms with Gasteiger partial charge < -0.3 is 10.1 Å². The maximum Gasteiger partial charge on any atom is 0.237 e.